The highest BCUT2D eigenvalue weighted by atomic mass is 19.1. The molecule has 34 nitrogen and oxygen atoms in total. The van der Waals surface area contributed by atoms with E-state index in [0.717, 1.165) is 0 Å². The van der Waals surface area contributed by atoms with Gasteiger partial charge in [0.2, 0.25) is 47.3 Å². The van der Waals surface area contributed by atoms with Crippen molar-refractivity contribution in [3.05, 3.63) is 91.5 Å². The molecule has 9 atom stereocenters. The number of carboxylic acids is 1. The molecule has 1 fully saturated rings. The smallest absolute Gasteiger partial charge is 0.407 e. The van der Waals surface area contributed by atoms with E-state index in [2.05, 4.69) is 47.9 Å². The number of hydrogen-bond donors (Lipinski definition) is 16. The number of carboxylic acid groups (broad SMARTS) is 1. The summed E-state index contributed by atoms with van der Waals surface area (Å²) in [5.41, 5.74) is 13.1. The van der Waals surface area contributed by atoms with Crippen LogP contribution in [0, 0.1) is 18.7 Å². The molecule has 0 bridgehead atoms. The van der Waals surface area contributed by atoms with Crippen LogP contribution < -0.4 is 70.2 Å². The standard InChI is InChI=1S/C63H79FN14O20/c1-5-63(95)35-17-41-53-33(25-78(41)59(91)34(35)27-96-60(63)92)51-38(14-12-32-29(4)36(64)18-40(74-53)50(32)51)76-62(94)97-26-30-8-10-31(11-9-30)73-57(89)39(7-6-16-67-61(66)93)75-58(90)52(28(2)3)77-56(88)37(65)13-15-44(79)68-20-43-55(87)54(86)42(98-43)19-45(80)69-21-46(81)70-22-47(82)71-23-48(83)72-24-49(84)85/h8-11,17-18,28,37-39,42-43,52,54-55,86-87,95H,5-7,12-16,19-27,65H2,1-4H3,(H,68,79)(H,69,80)(H,70,81)(H,71,82)(H,72,83)(H,73,89)(H,75,90)(H,76,94)(H,77,88)(H,84,85)(H3,66,67,93)/t37-,38-,39+,42-,43+,52+,54-,55+,63-/m0/s1. The van der Waals surface area contributed by atoms with Gasteiger partial charge in [-0.15, -0.1) is 0 Å². The number of hydrogen-bond acceptors (Lipinski definition) is 21. The van der Waals surface area contributed by atoms with Gasteiger partial charge < -0.3 is 104 Å². The molecule has 1 aliphatic carbocycles. The van der Waals surface area contributed by atoms with Crippen molar-refractivity contribution in [3.63, 3.8) is 0 Å². The first-order valence-corrected chi connectivity index (χ1v) is 31.6. The topological polar surface area (TPSA) is 521 Å². The Kier molecular flexibility index (Phi) is 24.2. The molecular formula is C63H79FN14O20. The predicted molar refractivity (Wildman–Crippen MR) is 339 cm³/mol. The number of aromatic nitrogens is 2. The van der Waals surface area contributed by atoms with Crippen LogP contribution in [0.4, 0.5) is 19.7 Å². The first kappa shape index (κ1) is 73.6. The van der Waals surface area contributed by atoms with Crippen molar-refractivity contribution < 1.29 is 96.6 Å². The van der Waals surface area contributed by atoms with Crippen molar-refractivity contribution in [2.45, 2.75) is 153 Å². The lowest BCUT2D eigenvalue weighted by molar-refractivity contribution is -0.172. The molecule has 4 aromatic rings. The summed E-state index contributed by atoms with van der Waals surface area (Å²) in [6, 6.07) is 3.74. The van der Waals surface area contributed by atoms with E-state index in [4.69, 9.17) is 35.8 Å². The maximum Gasteiger partial charge on any atom is 0.407 e. The second kappa shape index (κ2) is 32.2. The second-order valence-electron chi connectivity index (χ2n) is 24.4. The van der Waals surface area contributed by atoms with Crippen LogP contribution >= 0.6 is 0 Å². The number of fused-ring (bicyclic) bond motifs is 5. The summed E-state index contributed by atoms with van der Waals surface area (Å²) < 4.78 is 33.5. The van der Waals surface area contributed by atoms with Gasteiger partial charge in [0.25, 0.3) is 5.56 Å². The number of aliphatic hydroxyl groups is 3. The van der Waals surface area contributed by atoms with Gasteiger partial charge in [0.05, 0.1) is 73.3 Å². The number of carbonyl (C=O) groups is 12. The maximum atomic E-state index is 15.5. The normalized spacial score (nSPS) is 19.6. The Bertz CT molecular complexity index is 3870. The van der Waals surface area contributed by atoms with Crippen molar-refractivity contribution in [1.82, 2.24) is 57.4 Å². The third-order valence-electron chi connectivity index (χ3n) is 17.3. The molecule has 2 aromatic carbocycles. The average Bonchev–Trinajstić information content (AvgIpc) is 1.50. The number of ether oxygens (including phenoxy) is 3. The first-order valence-electron chi connectivity index (χ1n) is 31.6. The van der Waals surface area contributed by atoms with Crippen LogP contribution in [0.2, 0.25) is 0 Å². The summed E-state index contributed by atoms with van der Waals surface area (Å²) in [6.45, 7) is 3.25. The Hall–Kier alpha value is -10.2. The largest absolute Gasteiger partial charge is 0.480 e. The van der Waals surface area contributed by atoms with Gasteiger partial charge in [-0.25, -0.2) is 23.8 Å². The molecule has 11 amide bonds. The van der Waals surface area contributed by atoms with E-state index in [0.29, 0.717) is 57.4 Å². The SMILES string of the molecule is CC[C@@]1(O)C(=O)OCc2c1cc1n(c2=O)Cc2c-1nc1cc(F)c(C)c3c1c2[C@@H](NC(=O)OCc1ccc(NC(=O)[C@@H](CCCNC(N)=O)NC(=O)[C@H](NC(=O)[C@@H](N)CCC(=O)NC[C@H]2O[C@@H](CC(=O)NCC(=O)NCC(=O)NCC(=O)NCC(=O)O)[C@H](O)[C@@H]2O)C(C)C)cc1)CC3. The van der Waals surface area contributed by atoms with Crippen LogP contribution in [-0.2, 0) is 93.9 Å². The minimum absolute atomic E-state index is 0.0205. The fourth-order valence-electron chi connectivity index (χ4n) is 11.8. The third kappa shape index (κ3) is 17.7. The van der Waals surface area contributed by atoms with Gasteiger partial charge in [-0.1, -0.05) is 32.9 Å². The zero-order valence-electron chi connectivity index (χ0n) is 53.9. The number of anilines is 1. The van der Waals surface area contributed by atoms with E-state index in [1.165, 1.54) is 22.8 Å². The molecular weight excluding hydrogens is 1290 g/mol. The number of nitrogens with zero attached hydrogens (tertiary/aromatic N) is 2. The molecule has 18 N–H and O–H groups in total. The van der Waals surface area contributed by atoms with Gasteiger partial charge in [0.15, 0.2) is 5.60 Å². The molecule has 528 valence electrons. The zero-order valence-corrected chi connectivity index (χ0v) is 53.9. The molecule has 0 radical (unpaired) electrons. The van der Waals surface area contributed by atoms with Gasteiger partial charge in [-0.05, 0) is 91.8 Å². The number of rotatable bonds is 30. The minimum Gasteiger partial charge on any atom is -0.480 e. The number of aliphatic carboxylic acids is 1. The predicted octanol–water partition coefficient (Wildman–Crippen LogP) is -2.89. The first-order chi connectivity index (χ1) is 46.5. The number of aryl methyl sites for hydroxylation is 1. The van der Waals surface area contributed by atoms with Crippen LogP contribution in [0.5, 0.6) is 0 Å². The number of halogens is 1. The zero-order chi connectivity index (χ0) is 71.4. The molecule has 0 spiro atoms. The number of cyclic esters (lactones) is 1. The van der Waals surface area contributed by atoms with E-state index >= 15 is 4.39 Å². The fourth-order valence-corrected chi connectivity index (χ4v) is 11.8. The summed E-state index contributed by atoms with van der Waals surface area (Å²) in [5, 5.41) is 66.3. The van der Waals surface area contributed by atoms with Gasteiger partial charge in [-0.2, -0.15) is 0 Å². The molecule has 5 heterocycles. The highest BCUT2D eigenvalue weighted by Gasteiger charge is 2.47. The quantitative estimate of drug-likeness (QED) is 0.0162. The summed E-state index contributed by atoms with van der Waals surface area (Å²) in [5.74, 6) is -9.32. The Morgan fingerprint density at radius 1 is 0.806 bits per heavy atom. The number of benzene rings is 2. The van der Waals surface area contributed by atoms with E-state index in [1.807, 2.05) is 5.32 Å². The Labute approximate surface area is 558 Å². The number of primary amides is 1. The van der Waals surface area contributed by atoms with E-state index in [1.54, 1.807) is 45.9 Å². The lowest BCUT2D eigenvalue weighted by Crippen LogP contribution is -2.57. The number of pyridine rings is 2. The van der Waals surface area contributed by atoms with Gasteiger partial charge in [-0.3, -0.25) is 47.9 Å². The number of nitrogens with one attached hydrogen (secondary N) is 10. The van der Waals surface area contributed by atoms with Crippen molar-refractivity contribution >= 4 is 87.9 Å². The lowest BCUT2D eigenvalue weighted by Gasteiger charge is -2.31. The van der Waals surface area contributed by atoms with Crippen LogP contribution in [0.3, 0.4) is 0 Å². The number of urea groups is 1. The van der Waals surface area contributed by atoms with E-state index < -0.39 is 175 Å². The third-order valence-corrected chi connectivity index (χ3v) is 17.3. The summed E-state index contributed by atoms with van der Waals surface area (Å²) >= 11 is 0. The molecule has 35 heteroatoms. The molecule has 4 aliphatic rings. The molecule has 2 aromatic heterocycles. The molecule has 1 saturated heterocycles. The Morgan fingerprint density at radius 3 is 2.10 bits per heavy atom. The maximum absolute atomic E-state index is 15.5. The average molecular weight is 1370 g/mol. The summed E-state index contributed by atoms with van der Waals surface area (Å²) in [6.07, 6.45) is -6.74. The van der Waals surface area contributed by atoms with Crippen LogP contribution in [0.25, 0.3) is 22.3 Å². The lowest BCUT2D eigenvalue weighted by atomic mass is 9.81. The van der Waals surface area contributed by atoms with Crippen molar-refractivity contribution in [2.75, 3.05) is 44.6 Å². The summed E-state index contributed by atoms with van der Waals surface area (Å²) in [4.78, 5) is 170. The number of amides is 11. The Balaban J connectivity index is 0.800. The monoisotopic (exact) mass is 1370 g/mol. The van der Waals surface area contributed by atoms with Crippen molar-refractivity contribution in [2.24, 2.45) is 17.4 Å². The molecule has 98 heavy (non-hydrogen) atoms. The van der Waals surface area contributed by atoms with Crippen LogP contribution in [0.1, 0.15) is 111 Å². The van der Waals surface area contributed by atoms with Gasteiger partial charge in [0.1, 0.15) is 56.0 Å². The number of alkyl carbamates (subject to hydrolysis) is 1. The van der Waals surface area contributed by atoms with Gasteiger partial charge in [0, 0.05) is 47.8 Å². The Morgan fingerprint density at radius 2 is 1.46 bits per heavy atom. The van der Waals surface area contributed by atoms with Crippen LogP contribution in [-0.4, -0.2) is 183 Å². The van der Waals surface area contributed by atoms with Crippen LogP contribution in [0.15, 0.2) is 41.2 Å². The summed E-state index contributed by atoms with van der Waals surface area (Å²) in [7, 11) is 0. The van der Waals surface area contributed by atoms with Crippen molar-refractivity contribution in [3.8, 4) is 11.4 Å². The molecule has 3 aliphatic heterocycles. The highest BCUT2D eigenvalue weighted by molar-refractivity contribution is 5.99. The number of esters is 1. The second-order valence-corrected chi connectivity index (χ2v) is 24.4. The van der Waals surface area contributed by atoms with E-state index in [-0.39, 0.29) is 87.3 Å². The van der Waals surface area contributed by atoms with Gasteiger partial charge >= 0.3 is 24.1 Å². The number of nitrogens with two attached hydrogens (primary N) is 2. The highest BCUT2D eigenvalue weighted by Crippen LogP contribution is 2.46. The number of aliphatic hydroxyl groups excluding tert-OH is 2. The van der Waals surface area contributed by atoms with Crippen molar-refractivity contribution in [1.29, 1.82) is 0 Å². The molecule has 0 saturated carbocycles. The number of carbonyl (C=O) groups excluding carboxylic acids is 11. The fraction of sp³-hybridized carbons (Fsp3) is 0.492. The molecule has 0 unspecified atom stereocenters. The molecule has 8 rings (SSSR count). The minimum atomic E-state index is -2.08. The van der Waals surface area contributed by atoms with E-state index in [9.17, 15) is 77.6 Å².